The molecule has 1 saturated heterocycles. The molecule has 0 radical (unpaired) electrons. The molecule has 0 N–H and O–H groups in total. The summed E-state index contributed by atoms with van der Waals surface area (Å²) >= 11 is 0. The zero-order valence-electron chi connectivity index (χ0n) is 11.0. The van der Waals surface area contributed by atoms with E-state index in [1.165, 1.54) is 17.4 Å². The molecule has 5 heteroatoms. The van der Waals surface area contributed by atoms with E-state index in [0.29, 0.717) is 13.1 Å². The molecular weight excluding hydrogens is 248 g/mol. The molecule has 100 valence electrons. The number of rotatable bonds is 3. The van der Waals surface area contributed by atoms with Gasteiger partial charge in [-0.1, -0.05) is 24.3 Å². The van der Waals surface area contributed by atoms with Crippen LogP contribution in [0.2, 0.25) is 0 Å². The fraction of sp³-hybridized carbons (Fsp3) is 0.538. The Kier molecular flexibility index (Phi) is 4.04. The van der Waals surface area contributed by atoms with Crippen LogP contribution in [0.25, 0.3) is 0 Å². The van der Waals surface area contributed by atoms with Gasteiger partial charge in [0.1, 0.15) is 0 Å². The maximum atomic E-state index is 11.4. The fourth-order valence-corrected chi connectivity index (χ4v) is 3.07. The molecular formula is C13H20N2O2S. The number of hydrogen-bond acceptors (Lipinski definition) is 3. The predicted octanol–water partition coefficient (Wildman–Crippen LogP) is 1.07. The molecule has 0 amide bonds. The first-order valence-electron chi connectivity index (χ1n) is 6.19. The molecule has 1 aromatic carbocycles. The number of sulfonamides is 1. The van der Waals surface area contributed by atoms with E-state index in [-0.39, 0.29) is 0 Å². The molecule has 1 aliphatic heterocycles. The Bertz CT molecular complexity index is 505. The summed E-state index contributed by atoms with van der Waals surface area (Å²) in [6.45, 7) is 5.84. The molecule has 0 saturated carbocycles. The van der Waals surface area contributed by atoms with Crippen molar-refractivity contribution in [2.45, 2.75) is 13.5 Å². The van der Waals surface area contributed by atoms with Gasteiger partial charge in [0.25, 0.3) is 0 Å². The third kappa shape index (κ3) is 3.31. The van der Waals surface area contributed by atoms with Crippen molar-refractivity contribution in [2.75, 3.05) is 32.4 Å². The molecule has 1 aromatic rings. The highest BCUT2D eigenvalue weighted by molar-refractivity contribution is 7.88. The van der Waals surface area contributed by atoms with Crippen LogP contribution < -0.4 is 0 Å². The van der Waals surface area contributed by atoms with E-state index in [1.807, 2.05) is 6.07 Å². The number of aryl methyl sites for hydroxylation is 1. The highest BCUT2D eigenvalue weighted by Crippen LogP contribution is 2.13. The van der Waals surface area contributed by atoms with Gasteiger partial charge in [-0.3, -0.25) is 4.90 Å². The van der Waals surface area contributed by atoms with Crippen molar-refractivity contribution >= 4 is 10.0 Å². The van der Waals surface area contributed by atoms with Crippen LogP contribution in [0.1, 0.15) is 11.1 Å². The summed E-state index contributed by atoms with van der Waals surface area (Å²) < 4.78 is 24.4. The van der Waals surface area contributed by atoms with Crippen molar-refractivity contribution in [1.82, 2.24) is 9.21 Å². The Morgan fingerprint density at radius 1 is 1.11 bits per heavy atom. The van der Waals surface area contributed by atoms with Crippen LogP contribution in [-0.4, -0.2) is 50.1 Å². The number of nitrogens with zero attached hydrogens (tertiary/aromatic N) is 2. The quantitative estimate of drug-likeness (QED) is 0.823. The van der Waals surface area contributed by atoms with E-state index in [1.54, 1.807) is 4.31 Å². The SMILES string of the molecule is Cc1ccccc1CN1CCN(S(C)(=O)=O)CC1. The van der Waals surface area contributed by atoms with Gasteiger partial charge < -0.3 is 0 Å². The van der Waals surface area contributed by atoms with Gasteiger partial charge in [0.2, 0.25) is 10.0 Å². The summed E-state index contributed by atoms with van der Waals surface area (Å²) in [6.07, 6.45) is 1.28. The molecule has 4 nitrogen and oxygen atoms in total. The van der Waals surface area contributed by atoms with Gasteiger partial charge in [-0.2, -0.15) is 4.31 Å². The van der Waals surface area contributed by atoms with Gasteiger partial charge in [0, 0.05) is 32.7 Å². The number of benzene rings is 1. The van der Waals surface area contributed by atoms with E-state index in [2.05, 4.69) is 30.0 Å². The van der Waals surface area contributed by atoms with Gasteiger partial charge in [0.05, 0.1) is 6.26 Å². The predicted molar refractivity (Wildman–Crippen MR) is 72.9 cm³/mol. The van der Waals surface area contributed by atoms with E-state index in [9.17, 15) is 8.42 Å². The van der Waals surface area contributed by atoms with E-state index < -0.39 is 10.0 Å². The number of piperazine rings is 1. The van der Waals surface area contributed by atoms with Crippen molar-refractivity contribution in [3.05, 3.63) is 35.4 Å². The molecule has 2 rings (SSSR count). The molecule has 1 aliphatic rings. The van der Waals surface area contributed by atoms with Gasteiger partial charge in [-0.05, 0) is 18.1 Å². The maximum absolute atomic E-state index is 11.4. The molecule has 0 atom stereocenters. The van der Waals surface area contributed by atoms with Gasteiger partial charge in [0.15, 0.2) is 0 Å². The summed E-state index contributed by atoms with van der Waals surface area (Å²) in [7, 11) is -3.02. The van der Waals surface area contributed by atoms with Gasteiger partial charge in [-0.25, -0.2) is 8.42 Å². The van der Waals surface area contributed by atoms with Crippen LogP contribution in [0, 0.1) is 6.92 Å². The minimum Gasteiger partial charge on any atom is -0.296 e. The second kappa shape index (κ2) is 5.38. The topological polar surface area (TPSA) is 40.6 Å². The maximum Gasteiger partial charge on any atom is 0.211 e. The minimum atomic E-state index is -3.02. The van der Waals surface area contributed by atoms with Crippen LogP contribution in [0.4, 0.5) is 0 Å². The molecule has 0 aromatic heterocycles. The first kappa shape index (κ1) is 13.5. The Hall–Kier alpha value is -0.910. The van der Waals surface area contributed by atoms with Crippen molar-refractivity contribution in [3.63, 3.8) is 0 Å². The van der Waals surface area contributed by atoms with Crippen molar-refractivity contribution in [2.24, 2.45) is 0 Å². The fourth-order valence-electron chi connectivity index (χ4n) is 2.25. The standard InChI is InChI=1S/C13H20N2O2S/c1-12-5-3-4-6-13(12)11-14-7-9-15(10-8-14)18(2,16)17/h3-6H,7-11H2,1-2H3. The van der Waals surface area contributed by atoms with Crippen LogP contribution in [0.15, 0.2) is 24.3 Å². The normalized spacial score (nSPS) is 19.0. The summed E-state index contributed by atoms with van der Waals surface area (Å²) in [5.41, 5.74) is 2.62. The first-order chi connectivity index (χ1) is 8.47. The van der Waals surface area contributed by atoms with Gasteiger partial charge in [-0.15, -0.1) is 0 Å². The zero-order chi connectivity index (χ0) is 13.2. The first-order valence-corrected chi connectivity index (χ1v) is 8.03. The summed E-state index contributed by atoms with van der Waals surface area (Å²) in [4.78, 5) is 2.31. The van der Waals surface area contributed by atoms with Gasteiger partial charge >= 0.3 is 0 Å². The third-order valence-electron chi connectivity index (χ3n) is 3.46. The monoisotopic (exact) mass is 268 g/mol. The minimum absolute atomic E-state index is 0.602. The molecule has 1 fully saturated rings. The lowest BCUT2D eigenvalue weighted by atomic mass is 10.1. The number of hydrogen-bond donors (Lipinski definition) is 0. The van der Waals surface area contributed by atoms with Crippen LogP contribution in [0.5, 0.6) is 0 Å². The Balaban J connectivity index is 1.94. The molecule has 0 spiro atoms. The molecule has 18 heavy (non-hydrogen) atoms. The highest BCUT2D eigenvalue weighted by atomic mass is 32.2. The average molecular weight is 268 g/mol. The average Bonchev–Trinajstić information content (AvgIpc) is 2.32. The highest BCUT2D eigenvalue weighted by Gasteiger charge is 2.23. The van der Waals surface area contributed by atoms with E-state index in [0.717, 1.165) is 19.6 Å². The van der Waals surface area contributed by atoms with Crippen molar-refractivity contribution in [3.8, 4) is 0 Å². The molecule has 0 aliphatic carbocycles. The summed E-state index contributed by atoms with van der Waals surface area (Å²) in [6, 6.07) is 8.34. The van der Waals surface area contributed by atoms with Crippen LogP contribution in [-0.2, 0) is 16.6 Å². The zero-order valence-corrected chi connectivity index (χ0v) is 11.8. The lowest BCUT2D eigenvalue weighted by Crippen LogP contribution is -2.47. The lowest BCUT2D eigenvalue weighted by Gasteiger charge is -2.33. The Labute approximate surface area is 109 Å². The van der Waals surface area contributed by atoms with E-state index in [4.69, 9.17) is 0 Å². The largest absolute Gasteiger partial charge is 0.296 e. The Morgan fingerprint density at radius 2 is 1.72 bits per heavy atom. The van der Waals surface area contributed by atoms with Crippen molar-refractivity contribution in [1.29, 1.82) is 0 Å². The second-order valence-electron chi connectivity index (χ2n) is 4.86. The molecule has 0 unspecified atom stereocenters. The smallest absolute Gasteiger partial charge is 0.211 e. The van der Waals surface area contributed by atoms with Crippen molar-refractivity contribution < 1.29 is 8.42 Å². The lowest BCUT2D eigenvalue weighted by molar-refractivity contribution is 0.182. The summed E-state index contributed by atoms with van der Waals surface area (Å²) in [5, 5.41) is 0. The van der Waals surface area contributed by atoms with Crippen LogP contribution in [0.3, 0.4) is 0 Å². The molecule has 0 bridgehead atoms. The molecule has 1 heterocycles. The third-order valence-corrected chi connectivity index (χ3v) is 4.76. The summed E-state index contributed by atoms with van der Waals surface area (Å²) in [5.74, 6) is 0. The second-order valence-corrected chi connectivity index (χ2v) is 6.85. The van der Waals surface area contributed by atoms with Crippen LogP contribution >= 0.6 is 0 Å². The Morgan fingerprint density at radius 3 is 2.28 bits per heavy atom. The van der Waals surface area contributed by atoms with E-state index >= 15 is 0 Å².